The predicted octanol–water partition coefficient (Wildman–Crippen LogP) is 4.47. The summed E-state index contributed by atoms with van der Waals surface area (Å²) in [7, 11) is 0. The maximum atomic E-state index is 12.4. The first-order valence-electron chi connectivity index (χ1n) is 8.47. The van der Waals surface area contributed by atoms with Crippen LogP contribution in [0.4, 0.5) is 0 Å². The third-order valence-corrected chi connectivity index (χ3v) is 3.82. The minimum Gasteiger partial charge on any atom is -0.507 e. The van der Waals surface area contributed by atoms with Gasteiger partial charge >= 0.3 is 0 Å². The number of para-hydroxylation sites is 1. The standard InChI is InChI=1S/C22H20O4/c23-21-16-19(26-15-7-14-25-18-10-5-2-6-11-18)12-13-20(21)22(24)17-8-3-1-4-9-17/h1-6,8-13,16,23H,7,14-15H2. The first-order valence-corrected chi connectivity index (χ1v) is 8.47. The molecule has 0 saturated carbocycles. The number of benzene rings is 3. The fourth-order valence-electron chi connectivity index (χ4n) is 2.49. The van der Waals surface area contributed by atoms with E-state index < -0.39 is 0 Å². The molecule has 0 amide bonds. The number of hydrogen-bond donors (Lipinski definition) is 1. The summed E-state index contributed by atoms with van der Waals surface area (Å²) in [4.78, 5) is 12.4. The Morgan fingerprint density at radius 1 is 0.769 bits per heavy atom. The van der Waals surface area contributed by atoms with E-state index in [1.54, 1.807) is 36.4 Å². The van der Waals surface area contributed by atoms with Crippen molar-refractivity contribution in [2.45, 2.75) is 6.42 Å². The van der Waals surface area contributed by atoms with Crippen molar-refractivity contribution < 1.29 is 19.4 Å². The molecule has 0 aliphatic heterocycles. The summed E-state index contributed by atoms with van der Waals surface area (Å²) < 4.78 is 11.2. The van der Waals surface area contributed by atoms with Gasteiger partial charge in [0.2, 0.25) is 0 Å². The van der Waals surface area contributed by atoms with Crippen molar-refractivity contribution in [1.82, 2.24) is 0 Å². The van der Waals surface area contributed by atoms with Gasteiger partial charge in [-0.3, -0.25) is 4.79 Å². The SMILES string of the molecule is O=C(c1ccccc1)c1ccc(OCCCOc2ccccc2)cc1O. The Balaban J connectivity index is 1.50. The third kappa shape index (κ3) is 4.63. The maximum Gasteiger partial charge on any atom is 0.196 e. The van der Waals surface area contributed by atoms with E-state index in [1.165, 1.54) is 6.07 Å². The number of rotatable bonds is 8. The molecule has 0 heterocycles. The predicted molar refractivity (Wildman–Crippen MR) is 100 cm³/mol. The largest absolute Gasteiger partial charge is 0.507 e. The first-order chi connectivity index (χ1) is 12.7. The number of ketones is 1. The van der Waals surface area contributed by atoms with Gasteiger partial charge in [-0.25, -0.2) is 0 Å². The summed E-state index contributed by atoms with van der Waals surface area (Å²) in [6.07, 6.45) is 0.709. The van der Waals surface area contributed by atoms with Crippen LogP contribution in [0.1, 0.15) is 22.3 Å². The van der Waals surface area contributed by atoms with Crippen LogP contribution in [0.2, 0.25) is 0 Å². The molecule has 0 aromatic heterocycles. The van der Waals surface area contributed by atoms with E-state index in [1.807, 2.05) is 36.4 Å². The zero-order valence-electron chi connectivity index (χ0n) is 14.3. The Morgan fingerprint density at radius 2 is 1.38 bits per heavy atom. The highest BCUT2D eigenvalue weighted by Gasteiger charge is 2.13. The second kappa shape index (κ2) is 8.72. The number of phenolic OH excluding ortho intramolecular Hbond substituents is 1. The van der Waals surface area contributed by atoms with Crippen molar-refractivity contribution in [3.05, 3.63) is 90.0 Å². The molecule has 26 heavy (non-hydrogen) atoms. The molecule has 1 N–H and O–H groups in total. The molecule has 0 fully saturated rings. The molecule has 3 aromatic rings. The second-order valence-electron chi connectivity index (χ2n) is 5.74. The van der Waals surface area contributed by atoms with E-state index in [-0.39, 0.29) is 17.1 Å². The molecule has 0 bridgehead atoms. The molecule has 0 aliphatic rings. The first kappa shape index (κ1) is 17.5. The van der Waals surface area contributed by atoms with Gasteiger partial charge < -0.3 is 14.6 Å². The summed E-state index contributed by atoms with van der Waals surface area (Å²) in [5, 5.41) is 10.1. The molecule has 4 nitrogen and oxygen atoms in total. The number of carbonyl (C=O) groups excluding carboxylic acids is 1. The molecule has 3 rings (SSSR count). The number of hydrogen-bond acceptors (Lipinski definition) is 4. The van der Waals surface area contributed by atoms with Crippen molar-refractivity contribution in [2.75, 3.05) is 13.2 Å². The highest BCUT2D eigenvalue weighted by molar-refractivity contribution is 6.10. The molecule has 0 atom stereocenters. The minimum absolute atomic E-state index is 0.0862. The molecule has 0 aliphatic carbocycles. The van der Waals surface area contributed by atoms with Crippen LogP contribution in [-0.2, 0) is 0 Å². The lowest BCUT2D eigenvalue weighted by molar-refractivity contribution is 0.103. The van der Waals surface area contributed by atoms with E-state index in [0.717, 1.165) is 5.75 Å². The molecule has 3 aromatic carbocycles. The zero-order chi connectivity index (χ0) is 18.2. The van der Waals surface area contributed by atoms with Crippen LogP contribution < -0.4 is 9.47 Å². The van der Waals surface area contributed by atoms with E-state index in [9.17, 15) is 9.90 Å². The summed E-state index contributed by atoms with van der Waals surface area (Å²) in [5.74, 6) is 1.04. The summed E-state index contributed by atoms with van der Waals surface area (Å²) in [5.41, 5.74) is 0.797. The lowest BCUT2D eigenvalue weighted by Gasteiger charge is -2.10. The second-order valence-corrected chi connectivity index (χ2v) is 5.74. The molecular weight excluding hydrogens is 328 g/mol. The molecule has 0 spiro atoms. The fraction of sp³-hybridized carbons (Fsp3) is 0.136. The van der Waals surface area contributed by atoms with Crippen LogP contribution in [0.5, 0.6) is 17.2 Å². The van der Waals surface area contributed by atoms with Crippen molar-refractivity contribution in [1.29, 1.82) is 0 Å². The van der Waals surface area contributed by atoms with Gasteiger partial charge in [0.1, 0.15) is 17.2 Å². The van der Waals surface area contributed by atoms with E-state index in [4.69, 9.17) is 9.47 Å². The van der Waals surface area contributed by atoms with Gasteiger partial charge in [-0.1, -0.05) is 48.5 Å². The molecule has 0 radical (unpaired) electrons. The van der Waals surface area contributed by atoms with Gasteiger partial charge in [0.15, 0.2) is 5.78 Å². The molecular formula is C22H20O4. The molecule has 132 valence electrons. The Morgan fingerprint density at radius 3 is 2.04 bits per heavy atom. The van der Waals surface area contributed by atoms with Crippen LogP contribution in [-0.4, -0.2) is 24.1 Å². The van der Waals surface area contributed by atoms with Crippen LogP contribution in [0.3, 0.4) is 0 Å². The van der Waals surface area contributed by atoms with Crippen LogP contribution in [0.25, 0.3) is 0 Å². The number of ether oxygens (including phenoxy) is 2. The van der Waals surface area contributed by atoms with E-state index in [0.29, 0.717) is 30.9 Å². The Bertz CT molecular complexity index is 845. The number of aromatic hydroxyl groups is 1. The van der Waals surface area contributed by atoms with Gasteiger partial charge in [-0.15, -0.1) is 0 Å². The minimum atomic E-state index is -0.217. The normalized spacial score (nSPS) is 10.3. The molecule has 0 saturated heterocycles. The quantitative estimate of drug-likeness (QED) is 0.482. The van der Waals surface area contributed by atoms with Crippen LogP contribution >= 0.6 is 0 Å². The summed E-state index contributed by atoms with van der Waals surface area (Å²) >= 11 is 0. The average molecular weight is 348 g/mol. The van der Waals surface area contributed by atoms with E-state index >= 15 is 0 Å². The Labute approximate surface area is 152 Å². The molecule has 0 unspecified atom stereocenters. The Kier molecular flexibility index (Phi) is 5.88. The van der Waals surface area contributed by atoms with Gasteiger partial charge in [0.05, 0.1) is 18.8 Å². The number of phenols is 1. The summed E-state index contributed by atoms with van der Waals surface area (Å²) in [6.45, 7) is 0.999. The van der Waals surface area contributed by atoms with Crippen LogP contribution in [0, 0.1) is 0 Å². The molecule has 4 heteroatoms. The summed E-state index contributed by atoms with van der Waals surface area (Å²) in [6, 6.07) is 23.2. The third-order valence-electron chi connectivity index (χ3n) is 3.82. The lowest BCUT2D eigenvalue weighted by Crippen LogP contribution is -2.05. The van der Waals surface area contributed by atoms with Crippen molar-refractivity contribution >= 4 is 5.78 Å². The average Bonchev–Trinajstić information content (AvgIpc) is 2.69. The lowest BCUT2D eigenvalue weighted by atomic mass is 10.0. The number of carbonyl (C=O) groups is 1. The van der Waals surface area contributed by atoms with Crippen molar-refractivity contribution in [2.24, 2.45) is 0 Å². The zero-order valence-corrected chi connectivity index (χ0v) is 14.3. The highest BCUT2D eigenvalue weighted by atomic mass is 16.5. The highest BCUT2D eigenvalue weighted by Crippen LogP contribution is 2.26. The van der Waals surface area contributed by atoms with Gasteiger partial charge in [-0.2, -0.15) is 0 Å². The Hall–Kier alpha value is -3.27. The van der Waals surface area contributed by atoms with Crippen molar-refractivity contribution in [3.8, 4) is 17.2 Å². The topological polar surface area (TPSA) is 55.8 Å². The smallest absolute Gasteiger partial charge is 0.196 e. The van der Waals surface area contributed by atoms with Crippen molar-refractivity contribution in [3.63, 3.8) is 0 Å². The van der Waals surface area contributed by atoms with E-state index in [2.05, 4.69) is 0 Å². The fourth-order valence-corrected chi connectivity index (χ4v) is 2.49. The monoisotopic (exact) mass is 348 g/mol. The van der Waals surface area contributed by atoms with Gasteiger partial charge in [-0.05, 0) is 24.3 Å². The van der Waals surface area contributed by atoms with Gasteiger partial charge in [0.25, 0.3) is 0 Å². The van der Waals surface area contributed by atoms with Crippen LogP contribution in [0.15, 0.2) is 78.9 Å². The van der Waals surface area contributed by atoms with Gasteiger partial charge in [0, 0.05) is 18.1 Å². The maximum absolute atomic E-state index is 12.4.